The number of amides is 2. The second kappa shape index (κ2) is 9.57. The van der Waals surface area contributed by atoms with Crippen LogP contribution in [-0.4, -0.2) is 73.5 Å². The first-order valence-electron chi connectivity index (χ1n) is 11.4. The predicted molar refractivity (Wildman–Crippen MR) is 122 cm³/mol. The largest absolute Gasteiger partial charge is 0.426 e. The van der Waals surface area contributed by atoms with Gasteiger partial charge in [0.05, 0.1) is 29.4 Å². The van der Waals surface area contributed by atoms with Crippen molar-refractivity contribution >= 4 is 23.1 Å². The minimum absolute atomic E-state index is 0.0728. The van der Waals surface area contributed by atoms with E-state index in [0.29, 0.717) is 11.0 Å². The number of fused-ring (bicyclic) bond motifs is 1. The Kier molecular flexibility index (Phi) is 6.93. The van der Waals surface area contributed by atoms with Gasteiger partial charge in [0.1, 0.15) is 23.8 Å². The number of nitrogens with one attached hydrogen (secondary N) is 1. The first kappa shape index (κ1) is 29.0. The number of aliphatic hydroxyl groups is 1. The van der Waals surface area contributed by atoms with Gasteiger partial charge in [-0.05, 0) is 37.6 Å². The number of aryl methyl sites for hydroxylation is 1. The molecule has 3 heterocycles. The first-order valence-corrected chi connectivity index (χ1v) is 11.4. The maximum Gasteiger partial charge on any atom is 0.426 e. The lowest BCUT2D eigenvalue weighted by Crippen LogP contribution is -2.56. The van der Waals surface area contributed by atoms with Gasteiger partial charge in [-0.1, -0.05) is 0 Å². The van der Waals surface area contributed by atoms with Gasteiger partial charge in [-0.25, -0.2) is 18.3 Å². The minimum atomic E-state index is -5.36. The van der Waals surface area contributed by atoms with Crippen LogP contribution in [0.25, 0.3) is 16.8 Å². The van der Waals surface area contributed by atoms with E-state index in [2.05, 4.69) is 15.4 Å². The zero-order valence-corrected chi connectivity index (χ0v) is 20.5. The van der Waals surface area contributed by atoms with E-state index >= 15 is 0 Å². The monoisotopic (exact) mass is 580 g/mol. The third-order valence-corrected chi connectivity index (χ3v) is 6.54. The third-order valence-electron chi connectivity index (χ3n) is 6.54. The van der Waals surface area contributed by atoms with Crippen molar-refractivity contribution in [1.29, 1.82) is 0 Å². The smallest absolute Gasteiger partial charge is 0.382 e. The van der Waals surface area contributed by atoms with Crippen molar-refractivity contribution in [2.75, 3.05) is 18.8 Å². The lowest BCUT2D eigenvalue weighted by atomic mass is 10.0. The Labute approximate surface area is 219 Å². The number of rotatable bonds is 4. The molecule has 1 fully saturated rings. The van der Waals surface area contributed by atoms with Crippen molar-refractivity contribution in [3.63, 3.8) is 0 Å². The number of nitrogens with zero attached hydrogens (tertiary/aromatic N) is 4. The average Bonchev–Trinajstić information content (AvgIpc) is 3.39. The van der Waals surface area contributed by atoms with Gasteiger partial charge in [-0.3, -0.25) is 9.59 Å². The summed E-state index contributed by atoms with van der Waals surface area (Å²) >= 11 is 0. The summed E-state index contributed by atoms with van der Waals surface area (Å²) in [6.07, 6.45) is -11.4. The van der Waals surface area contributed by atoms with Gasteiger partial charge >= 0.3 is 12.4 Å². The molecule has 2 aromatic heterocycles. The van der Waals surface area contributed by atoms with Gasteiger partial charge < -0.3 is 21.1 Å². The Morgan fingerprint density at radius 2 is 1.77 bits per heavy atom. The van der Waals surface area contributed by atoms with Crippen molar-refractivity contribution in [3.05, 3.63) is 47.0 Å². The third kappa shape index (κ3) is 4.89. The van der Waals surface area contributed by atoms with E-state index < -0.39 is 83.3 Å². The number of nitrogen functional groups attached to an aromatic ring is 1. The Hall–Kier alpha value is -4.02. The van der Waals surface area contributed by atoms with E-state index in [0.717, 1.165) is 23.0 Å². The summed E-state index contributed by atoms with van der Waals surface area (Å²) in [6, 6.07) is 0.856. The summed E-state index contributed by atoms with van der Waals surface area (Å²) in [7, 11) is 0. The highest BCUT2D eigenvalue weighted by Gasteiger charge is 2.58. The van der Waals surface area contributed by atoms with Gasteiger partial charge in [0, 0.05) is 12.1 Å². The van der Waals surface area contributed by atoms with Gasteiger partial charge in [-0.2, -0.15) is 31.4 Å². The molecule has 0 bridgehead atoms. The van der Waals surface area contributed by atoms with Crippen LogP contribution in [0.15, 0.2) is 24.5 Å². The fourth-order valence-corrected chi connectivity index (χ4v) is 4.34. The van der Waals surface area contributed by atoms with E-state index in [4.69, 9.17) is 5.73 Å². The van der Waals surface area contributed by atoms with Crippen molar-refractivity contribution < 1.29 is 49.8 Å². The lowest BCUT2D eigenvalue weighted by molar-refractivity contribution is -0.249. The quantitative estimate of drug-likeness (QED) is 0.408. The zero-order chi connectivity index (χ0) is 29.9. The van der Waals surface area contributed by atoms with Gasteiger partial charge in [0.2, 0.25) is 5.60 Å². The summed E-state index contributed by atoms with van der Waals surface area (Å²) in [5, 5.41) is 15.5. The second-order valence-electron chi connectivity index (χ2n) is 9.37. The van der Waals surface area contributed by atoms with Crippen LogP contribution in [0.2, 0.25) is 0 Å². The van der Waals surface area contributed by atoms with Crippen molar-refractivity contribution in [2.45, 2.75) is 44.0 Å². The molecule has 40 heavy (non-hydrogen) atoms. The molecule has 4 rings (SSSR count). The number of alkyl halides is 7. The standard InChI is InChI=1S/C23H20F8N6O3/c1-9-3-13(24)11(4-10(9)16-5-12(22(26,27)28)17-18(32)33-8-34-37(16)17)19(38)35-15-7-36(6-14(15)25)20(39)21(2,40)23(29,30)31/h3-5,8,14-15,40H,6-7H2,1-2H3,(H,35,38)(H2,32,33,34)/t14-,15+,21?/m0/s1. The van der Waals surface area contributed by atoms with Crippen LogP contribution in [0.1, 0.15) is 28.4 Å². The fraction of sp³-hybridized carbons (Fsp3) is 0.391. The molecule has 3 atom stereocenters. The maximum absolute atomic E-state index is 14.8. The number of benzene rings is 1. The van der Waals surface area contributed by atoms with Crippen LogP contribution in [0.3, 0.4) is 0 Å². The normalized spacial score (nSPS) is 19.6. The summed E-state index contributed by atoms with van der Waals surface area (Å²) in [5.41, 5.74) is -0.885. The highest BCUT2D eigenvalue weighted by Crippen LogP contribution is 2.40. The average molecular weight is 580 g/mol. The lowest BCUT2D eigenvalue weighted by Gasteiger charge is -2.29. The molecule has 216 valence electrons. The topological polar surface area (TPSA) is 126 Å². The van der Waals surface area contributed by atoms with Gasteiger partial charge in [0.25, 0.3) is 11.8 Å². The Morgan fingerprint density at radius 3 is 2.38 bits per heavy atom. The van der Waals surface area contributed by atoms with Crippen LogP contribution < -0.4 is 11.1 Å². The van der Waals surface area contributed by atoms with E-state index in [1.54, 1.807) is 0 Å². The zero-order valence-electron chi connectivity index (χ0n) is 20.5. The first-order chi connectivity index (χ1) is 18.3. The predicted octanol–water partition coefficient (Wildman–Crippen LogP) is 3.04. The molecule has 0 spiro atoms. The number of hydrogen-bond acceptors (Lipinski definition) is 6. The van der Waals surface area contributed by atoms with Crippen LogP contribution in [0.4, 0.5) is 40.9 Å². The molecular weight excluding hydrogens is 560 g/mol. The van der Waals surface area contributed by atoms with Crippen LogP contribution >= 0.6 is 0 Å². The van der Waals surface area contributed by atoms with Crippen LogP contribution in [0, 0.1) is 12.7 Å². The number of halogens is 8. The molecule has 0 saturated carbocycles. The molecule has 4 N–H and O–H groups in total. The van der Waals surface area contributed by atoms with Crippen LogP contribution in [0.5, 0.6) is 0 Å². The molecule has 1 unspecified atom stereocenters. The number of hydrogen-bond donors (Lipinski definition) is 3. The molecule has 1 aliphatic heterocycles. The highest BCUT2D eigenvalue weighted by atomic mass is 19.4. The number of aromatic nitrogens is 3. The van der Waals surface area contributed by atoms with Crippen molar-refractivity contribution in [3.8, 4) is 11.3 Å². The van der Waals surface area contributed by atoms with E-state index in [1.807, 2.05) is 0 Å². The number of anilines is 1. The number of carbonyl (C=O) groups is 2. The number of likely N-dealkylation sites (tertiary alicyclic amines) is 1. The van der Waals surface area contributed by atoms with E-state index in [1.165, 1.54) is 6.92 Å². The summed E-state index contributed by atoms with van der Waals surface area (Å²) in [5.74, 6) is -4.73. The molecule has 1 saturated heterocycles. The second-order valence-corrected chi connectivity index (χ2v) is 9.37. The van der Waals surface area contributed by atoms with E-state index in [-0.39, 0.29) is 23.7 Å². The highest BCUT2D eigenvalue weighted by molar-refractivity contribution is 5.96. The van der Waals surface area contributed by atoms with Crippen molar-refractivity contribution in [2.24, 2.45) is 0 Å². The summed E-state index contributed by atoms with van der Waals surface area (Å²) in [4.78, 5) is 29.0. The number of nitrogens with two attached hydrogens (primary N) is 1. The molecular formula is C23H20F8N6O3. The fourth-order valence-electron chi connectivity index (χ4n) is 4.34. The van der Waals surface area contributed by atoms with Gasteiger partial charge in [-0.15, -0.1) is 0 Å². The Bertz CT molecular complexity index is 1500. The molecule has 0 radical (unpaired) electrons. The molecule has 0 aliphatic carbocycles. The molecule has 3 aromatic rings. The molecule has 9 nitrogen and oxygen atoms in total. The summed E-state index contributed by atoms with van der Waals surface area (Å²) in [6.45, 7) is -0.116. The Balaban J connectivity index is 1.66. The SMILES string of the molecule is Cc1cc(F)c(C(=O)N[C@@H]2CN(C(=O)C(C)(O)C(F)(F)F)C[C@@H]2F)cc1-c1cc(C(F)(F)F)c2c(N)ncnn12. The van der Waals surface area contributed by atoms with Crippen LogP contribution in [-0.2, 0) is 11.0 Å². The minimum Gasteiger partial charge on any atom is -0.382 e. The van der Waals surface area contributed by atoms with E-state index in [9.17, 15) is 49.8 Å². The molecule has 2 amide bonds. The van der Waals surface area contributed by atoms with Crippen molar-refractivity contribution in [1.82, 2.24) is 24.8 Å². The van der Waals surface area contributed by atoms with Gasteiger partial charge in [0.15, 0.2) is 5.82 Å². The maximum atomic E-state index is 14.8. The molecule has 17 heteroatoms. The molecule has 1 aromatic carbocycles. The summed E-state index contributed by atoms with van der Waals surface area (Å²) < 4.78 is 110. The Morgan fingerprint density at radius 1 is 1.12 bits per heavy atom. The molecule has 1 aliphatic rings. The number of carbonyl (C=O) groups excluding carboxylic acids is 2.